The van der Waals surface area contributed by atoms with Crippen LogP contribution in [0.5, 0.6) is 5.75 Å². The minimum atomic E-state index is -4.40. The van der Waals surface area contributed by atoms with Gasteiger partial charge in [-0.05, 0) is 55.0 Å². The molecule has 1 fully saturated rings. The summed E-state index contributed by atoms with van der Waals surface area (Å²) >= 11 is 6.13. The number of hydrogen-bond donors (Lipinski definition) is 1. The molecule has 28 heavy (non-hydrogen) atoms. The summed E-state index contributed by atoms with van der Waals surface area (Å²) in [6, 6.07) is 14.5. The fraction of sp³-hybridized carbons (Fsp3) is 0.400. The van der Waals surface area contributed by atoms with Crippen LogP contribution < -0.4 is 10.6 Å². The van der Waals surface area contributed by atoms with Crippen LogP contribution >= 0.6 is 24.0 Å². The highest BCUT2D eigenvalue weighted by Crippen LogP contribution is 2.41. The molecule has 154 valence electrons. The number of alkyl halides is 3. The second kappa shape index (κ2) is 9.35. The van der Waals surface area contributed by atoms with Gasteiger partial charge in [-0.25, -0.2) is 5.01 Å². The third-order valence-electron chi connectivity index (χ3n) is 5.00. The van der Waals surface area contributed by atoms with Crippen molar-refractivity contribution in [2.75, 3.05) is 13.2 Å². The molecule has 2 N–H and O–H groups in total. The molecule has 1 atom stereocenters. The first-order valence-electron chi connectivity index (χ1n) is 8.86. The van der Waals surface area contributed by atoms with Crippen molar-refractivity contribution >= 4 is 24.0 Å². The van der Waals surface area contributed by atoms with Crippen LogP contribution in [-0.2, 0) is 12.0 Å². The maximum atomic E-state index is 12.6. The zero-order chi connectivity index (χ0) is 19.5. The Hall–Kier alpha value is -1.47. The van der Waals surface area contributed by atoms with Gasteiger partial charge in [0.05, 0.1) is 5.54 Å². The first-order chi connectivity index (χ1) is 12.8. The van der Waals surface area contributed by atoms with E-state index < -0.39 is 18.3 Å². The van der Waals surface area contributed by atoms with Gasteiger partial charge in [-0.1, -0.05) is 41.9 Å². The molecule has 8 heteroatoms. The van der Waals surface area contributed by atoms with E-state index in [4.69, 9.17) is 22.2 Å². The Labute approximate surface area is 174 Å². The zero-order valence-corrected chi connectivity index (χ0v) is 16.8. The molecule has 0 amide bonds. The van der Waals surface area contributed by atoms with Gasteiger partial charge in [0.25, 0.3) is 0 Å². The monoisotopic (exact) mass is 434 g/mol. The lowest BCUT2D eigenvalue weighted by Gasteiger charge is -2.45. The van der Waals surface area contributed by atoms with E-state index in [-0.39, 0.29) is 18.2 Å². The van der Waals surface area contributed by atoms with Crippen LogP contribution in [0, 0.1) is 0 Å². The summed E-state index contributed by atoms with van der Waals surface area (Å²) in [7, 11) is 0. The zero-order valence-electron chi connectivity index (χ0n) is 15.2. The smallest absolute Gasteiger partial charge is 0.422 e. The van der Waals surface area contributed by atoms with Crippen LogP contribution in [-0.4, -0.2) is 24.3 Å². The Kier molecular flexibility index (Phi) is 7.62. The number of halogens is 5. The van der Waals surface area contributed by atoms with Gasteiger partial charge in [0.1, 0.15) is 5.75 Å². The Balaban J connectivity index is 0.00000280. The Bertz CT molecular complexity index is 774. The third kappa shape index (κ3) is 5.32. The summed E-state index contributed by atoms with van der Waals surface area (Å²) in [5.74, 6) is 6.59. The summed E-state index contributed by atoms with van der Waals surface area (Å²) in [6.07, 6.45) is -1.21. The lowest BCUT2D eigenvalue weighted by Crippen LogP contribution is -2.54. The van der Waals surface area contributed by atoms with Crippen molar-refractivity contribution in [1.82, 2.24) is 5.01 Å². The molecular formula is C20H23Cl2F3N2O. The Morgan fingerprint density at radius 2 is 1.82 bits per heavy atom. The van der Waals surface area contributed by atoms with Gasteiger partial charge in [-0.15, -0.1) is 12.4 Å². The standard InChI is InChI=1S/C20H22ClF3N2O.ClH/c21-17-8-9-18(27-14-20(22,23)24)15(12-17)13-19(10-4-5-11-26(19)25)16-6-2-1-3-7-16;/h1-3,6-9,12H,4-5,10-11,13-14,25H2;1H. The van der Waals surface area contributed by atoms with Gasteiger partial charge in [0, 0.05) is 11.6 Å². The normalized spacial score (nSPS) is 20.5. The van der Waals surface area contributed by atoms with Crippen molar-refractivity contribution < 1.29 is 17.9 Å². The van der Waals surface area contributed by atoms with Crippen molar-refractivity contribution in [2.45, 2.75) is 37.4 Å². The average Bonchev–Trinajstić information content (AvgIpc) is 2.63. The lowest BCUT2D eigenvalue weighted by atomic mass is 9.77. The van der Waals surface area contributed by atoms with E-state index in [0.29, 0.717) is 23.6 Å². The lowest BCUT2D eigenvalue weighted by molar-refractivity contribution is -0.153. The molecule has 0 bridgehead atoms. The van der Waals surface area contributed by atoms with Crippen LogP contribution in [0.25, 0.3) is 0 Å². The highest BCUT2D eigenvalue weighted by molar-refractivity contribution is 6.30. The van der Waals surface area contributed by atoms with Gasteiger partial charge in [0.15, 0.2) is 6.61 Å². The average molecular weight is 435 g/mol. The van der Waals surface area contributed by atoms with Crippen LogP contribution in [0.4, 0.5) is 13.2 Å². The van der Waals surface area contributed by atoms with Crippen molar-refractivity contribution in [3.05, 3.63) is 64.7 Å². The molecule has 2 aromatic rings. The van der Waals surface area contributed by atoms with Gasteiger partial charge < -0.3 is 4.74 Å². The van der Waals surface area contributed by atoms with E-state index in [1.807, 2.05) is 30.3 Å². The molecule has 0 radical (unpaired) electrons. The number of benzene rings is 2. The van der Waals surface area contributed by atoms with Crippen LogP contribution in [0.2, 0.25) is 5.02 Å². The summed E-state index contributed by atoms with van der Waals surface area (Å²) in [4.78, 5) is 0. The van der Waals surface area contributed by atoms with Crippen molar-refractivity contribution in [2.24, 2.45) is 5.84 Å². The molecule has 1 aliphatic rings. The molecule has 1 unspecified atom stereocenters. The highest BCUT2D eigenvalue weighted by atomic mass is 35.5. The molecule has 3 nitrogen and oxygen atoms in total. The summed E-state index contributed by atoms with van der Waals surface area (Å²) < 4.78 is 43.0. The maximum absolute atomic E-state index is 12.6. The van der Waals surface area contributed by atoms with E-state index in [2.05, 4.69) is 0 Å². The van der Waals surface area contributed by atoms with E-state index in [9.17, 15) is 13.2 Å². The second-order valence-electron chi connectivity index (χ2n) is 6.88. The number of hydrogen-bond acceptors (Lipinski definition) is 3. The molecular weight excluding hydrogens is 412 g/mol. The fourth-order valence-corrected chi connectivity index (χ4v) is 3.90. The van der Waals surface area contributed by atoms with Crippen molar-refractivity contribution in [1.29, 1.82) is 0 Å². The molecule has 0 spiro atoms. The number of ether oxygens (including phenoxy) is 1. The van der Waals surface area contributed by atoms with E-state index >= 15 is 0 Å². The predicted molar refractivity (Wildman–Crippen MR) is 107 cm³/mol. The number of rotatable bonds is 5. The van der Waals surface area contributed by atoms with Gasteiger partial charge in [-0.3, -0.25) is 5.84 Å². The van der Waals surface area contributed by atoms with E-state index in [1.165, 1.54) is 12.1 Å². The third-order valence-corrected chi connectivity index (χ3v) is 5.23. The minimum Gasteiger partial charge on any atom is -0.484 e. The number of hydrazine groups is 1. The van der Waals surface area contributed by atoms with Gasteiger partial charge >= 0.3 is 6.18 Å². The fourth-order valence-electron chi connectivity index (χ4n) is 3.71. The summed E-state index contributed by atoms with van der Waals surface area (Å²) in [5.41, 5.74) is 1.14. The van der Waals surface area contributed by atoms with E-state index in [0.717, 1.165) is 24.8 Å². The number of nitrogens with zero attached hydrogens (tertiary/aromatic N) is 1. The summed E-state index contributed by atoms with van der Waals surface area (Å²) in [5, 5.41) is 2.26. The largest absolute Gasteiger partial charge is 0.484 e. The summed E-state index contributed by atoms with van der Waals surface area (Å²) in [6.45, 7) is -0.624. The predicted octanol–water partition coefficient (Wildman–Crippen LogP) is 5.50. The van der Waals surface area contributed by atoms with Crippen LogP contribution in [0.1, 0.15) is 30.4 Å². The molecule has 1 heterocycles. The maximum Gasteiger partial charge on any atom is 0.422 e. The molecule has 0 aliphatic carbocycles. The molecule has 3 rings (SSSR count). The SMILES string of the molecule is Cl.NN1CCCCC1(Cc1cc(Cl)ccc1OCC(F)(F)F)c1ccccc1. The molecule has 1 aliphatic heterocycles. The van der Waals surface area contributed by atoms with E-state index in [1.54, 1.807) is 11.1 Å². The second-order valence-corrected chi connectivity index (χ2v) is 7.32. The molecule has 1 saturated heterocycles. The van der Waals surface area contributed by atoms with Crippen molar-refractivity contribution in [3.63, 3.8) is 0 Å². The van der Waals surface area contributed by atoms with Crippen molar-refractivity contribution in [3.8, 4) is 5.75 Å². The minimum absolute atomic E-state index is 0. The first kappa shape index (κ1) is 22.8. The van der Waals surface area contributed by atoms with Crippen LogP contribution in [0.15, 0.2) is 48.5 Å². The highest BCUT2D eigenvalue weighted by Gasteiger charge is 2.40. The Morgan fingerprint density at radius 3 is 2.46 bits per heavy atom. The topological polar surface area (TPSA) is 38.5 Å². The van der Waals surface area contributed by atoms with Crippen LogP contribution in [0.3, 0.4) is 0 Å². The quantitative estimate of drug-likeness (QED) is 0.631. The molecule has 0 saturated carbocycles. The Morgan fingerprint density at radius 1 is 1.11 bits per heavy atom. The number of nitrogens with two attached hydrogens (primary N) is 1. The van der Waals surface area contributed by atoms with Gasteiger partial charge in [0.2, 0.25) is 0 Å². The molecule has 0 aromatic heterocycles. The number of piperidine rings is 1. The molecule has 2 aromatic carbocycles. The first-order valence-corrected chi connectivity index (χ1v) is 9.24. The van der Waals surface area contributed by atoms with Gasteiger partial charge in [-0.2, -0.15) is 13.2 Å².